The van der Waals surface area contributed by atoms with Crippen LogP contribution in [0.1, 0.15) is 33.1 Å². The van der Waals surface area contributed by atoms with Gasteiger partial charge in [-0.15, -0.1) is 0 Å². The largest absolute Gasteiger partial charge is 0.396 e. The number of nitrogens with two attached hydrogens (primary N) is 1. The molecule has 1 fully saturated rings. The van der Waals surface area contributed by atoms with E-state index in [0.717, 1.165) is 19.3 Å². The molecule has 0 saturated heterocycles. The zero-order chi connectivity index (χ0) is 11.5. The van der Waals surface area contributed by atoms with Crippen molar-refractivity contribution in [1.29, 1.82) is 0 Å². The van der Waals surface area contributed by atoms with E-state index in [9.17, 15) is 4.79 Å². The van der Waals surface area contributed by atoms with Crippen LogP contribution < -0.4 is 11.1 Å². The molecule has 1 saturated carbocycles. The van der Waals surface area contributed by atoms with E-state index in [4.69, 9.17) is 10.8 Å². The molecule has 0 bridgehead atoms. The SMILES string of the molecule is CCC(C)C(N)C(=O)NCC1(CO)CC1. The first kappa shape index (κ1) is 12.5. The van der Waals surface area contributed by atoms with Crippen molar-refractivity contribution in [2.24, 2.45) is 17.1 Å². The van der Waals surface area contributed by atoms with Gasteiger partial charge in [-0.25, -0.2) is 0 Å². The maximum absolute atomic E-state index is 11.6. The van der Waals surface area contributed by atoms with Gasteiger partial charge in [-0.2, -0.15) is 0 Å². The summed E-state index contributed by atoms with van der Waals surface area (Å²) in [4.78, 5) is 11.6. The van der Waals surface area contributed by atoms with Crippen molar-refractivity contribution in [2.45, 2.75) is 39.2 Å². The quantitative estimate of drug-likeness (QED) is 0.593. The Morgan fingerprint density at radius 3 is 2.60 bits per heavy atom. The standard InChI is InChI=1S/C11H22N2O2/c1-3-8(2)9(12)10(15)13-6-11(7-14)4-5-11/h8-9,14H,3-7,12H2,1-2H3,(H,13,15). The summed E-state index contributed by atoms with van der Waals surface area (Å²) in [6.45, 7) is 4.72. The normalized spacial score (nSPS) is 21.9. The molecule has 88 valence electrons. The van der Waals surface area contributed by atoms with Gasteiger partial charge < -0.3 is 16.2 Å². The summed E-state index contributed by atoms with van der Waals surface area (Å²) in [5, 5.41) is 11.9. The van der Waals surface area contributed by atoms with Gasteiger partial charge in [0.15, 0.2) is 0 Å². The number of hydrogen-bond acceptors (Lipinski definition) is 3. The second-order valence-electron chi connectivity index (χ2n) is 4.79. The van der Waals surface area contributed by atoms with Gasteiger partial charge in [-0.05, 0) is 18.8 Å². The van der Waals surface area contributed by atoms with Crippen LogP contribution in [0.15, 0.2) is 0 Å². The van der Waals surface area contributed by atoms with Crippen molar-refractivity contribution >= 4 is 5.91 Å². The number of carbonyl (C=O) groups is 1. The minimum Gasteiger partial charge on any atom is -0.396 e. The van der Waals surface area contributed by atoms with Crippen LogP contribution in [0.25, 0.3) is 0 Å². The molecule has 1 aliphatic carbocycles. The van der Waals surface area contributed by atoms with Crippen LogP contribution in [-0.2, 0) is 4.79 Å². The van der Waals surface area contributed by atoms with Gasteiger partial charge in [0.05, 0.1) is 12.6 Å². The second-order valence-corrected chi connectivity index (χ2v) is 4.79. The van der Waals surface area contributed by atoms with Crippen LogP contribution in [0.4, 0.5) is 0 Å². The van der Waals surface area contributed by atoms with Crippen LogP contribution in [-0.4, -0.2) is 30.2 Å². The van der Waals surface area contributed by atoms with E-state index in [1.54, 1.807) is 0 Å². The topological polar surface area (TPSA) is 75.4 Å². The van der Waals surface area contributed by atoms with Gasteiger partial charge in [0.25, 0.3) is 0 Å². The van der Waals surface area contributed by atoms with Crippen LogP contribution in [0, 0.1) is 11.3 Å². The van der Waals surface area contributed by atoms with Gasteiger partial charge in [0.1, 0.15) is 0 Å². The van der Waals surface area contributed by atoms with Crippen LogP contribution in [0.5, 0.6) is 0 Å². The van der Waals surface area contributed by atoms with Gasteiger partial charge in [-0.1, -0.05) is 20.3 Å². The summed E-state index contributed by atoms with van der Waals surface area (Å²) in [5.74, 6) is 0.110. The van der Waals surface area contributed by atoms with E-state index in [1.165, 1.54) is 0 Å². The summed E-state index contributed by atoms with van der Waals surface area (Å²) in [6, 6.07) is -0.426. The molecule has 2 unspecified atom stereocenters. The molecule has 1 aliphatic rings. The maximum atomic E-state index is 11.6. The Labute approximate surface area is 91.2 Å². The fraction of sp³-hybridized carbons (Fsp3) is 0.909. The first-order chi connectivity index (χ1) is 7.04. The molecule has 4 N–H and O–H groups in total. The molecule has 0 spiro atoms. The molecule has 1 rings (SSSR count). The number of hydrogen-bond donors (Lipinski definition) is 3. The summed E-state index contributed by atoms with van der Waals surface area (Å²) in [6.07, 6.45) is 2.91. The highest BCUT2D eigenvalue weighted by Crippen LogP contribution is 2.44. The Kier molecular flexibility index (Phi) is 4.11. The van der Waals surface area contributed by atoms with E-state index >= 15 is 0 Å². The molecule has 0 aromatic carbocycles. The molecule has 0 aromatic rings. The van der Waals surface area contributed by atoms with Gasteiger partial charge in [-0.3, -0.25) is 4.79 Å². The van der Waals surface area contributed by atoms with E-state index in [1.807, 2.05) is 13.8 Å². The van der Waals surface area contributed by atoms with Crippen LogP contribution in [0.2, 0.25) is 0 Å². The average molecular weight is 214 g/mol. The monoisotopic (exact) mass is 214 g/mol. The number of aliphatic hydroxyl groups is 1. The number of nitrogens with one attached hydrogen (secondary N) is 1. The van der Waals surface area contributed by atoms with E-state index < -0.39 is 6.04 Å². The van der Waals surface area contributed by atoms with Crippen LogP contribution in [0.3, 0.4) is 0 Å². The number of amides is 1. The first-order valence-electron chi connectivity index (χ1n) is 5.69. The van der Waals surface area contributed by atoms with Gasteiger partial charge in [0, 0.05) is 12.0 Å². The summed E-state index contributed by atoms with van der Waals surface area (Å²) in [5.41, 5.74) is 5.75. The molecule has 4 heteroatoms. The molecular weight excluding hydrogens is 192 g/mol. The molecule has 0 heterocycles. The van der Waals surface area contributed by atoms with Crippen molar-refractivity contribution in [2.75, 3.05) is 13.2 Å². The highest BCUT2D eigenvalue weighted by atomic mass is 16.3. The number of carbonyl (C=O) groups excluding carboxylic acids is 1. The Hall–Kier alpha value is -0.610. The summed E-state index contributed by atoms with van der Waals surface area (Å²) in [7, 11) is 0. The average Bonchev–Trinajstić information content (AvgIpc) is 3.04. The van der Waals surface area contributed by atoms with Crippen LogP contribution >= 0.6 is 0 Å². The van der Waals surface area contributed by atoms with Gasteiger partial charge >= 0.3 is 0 Å². The predicted octanol–water partition coefficient (Wildman–Crippen LogP) is 0.249. The molecule has 2 atom stereocenters. The minimum atomic E-state index is -0.426. The molecule has 0 radical (unpaired) electrons. The smallest absolute Gasteiger partial charge is 0.237 e. The molecule has 15 heavy (non-hydrogen) atoms. The van der Waals surface area contributed by atoms with Crippen molar-refractivity contribution in [1.82, 2.24) is 5.32 Å². The fourth-order valence-electron chi connectivity index (χ4n) is 1.47. The van der Waals surface area contributed by atoms with E-state index in [2.05, 4.69) is 5.32 Å². The first-order valence-corrected chi connectivity index (χ1v) is 5.69. The zero-order valence-corrected chi connectivity index (χ0v) is 9.62. The highest BCUT2D eigenvalue weighted by Gasteiger charge is 2.42. The lowest BCUT2D eigenvalue weighted by Crippen LogP contribution is -2.46. The highest BCUT2D eigenvalue weighted by molar-refractivity contribution is 5.81. The minimum absolute atomic E-state index is 0.0369. The lowest BCUT2D eigenvalue weighted by atomic mass is 9.99. The van der Waals surface area contributed by atoms with Crippen molar-refractivity contribution in [3.8, 4) is 0 Å². The Bertz CT molecular complexity index is 227. The number of rotatable bonds is 6. The lowest BCUT2D eigenvalue weighted by Gasteiger charge is -2.19. The Morgan fingerprint density at radius 2 is 2.20 bits per heavy atom. The number of aliphatic hydroxyl groups excluding tert-OH is 1. The predicted molar refractivity (Wildman–Crippen MR) is 59.2 cm³/mol. The van der Waals surface area contributed by atoms with E-state index in [0.29, 0.717) is 6.54 Å². The van der Waals surface area contributed by atoms with Gasteiger partial charge in [0.2, 0.25) is 5.91 Å². The summed E-state index contributed by atoms with van der Waals surface area (Å²) < 4.78 is 0. The van der Waals surface area contributed by atoms with E-state index in [-0.39, 0.29) is 23.8 Å². The maximum Gasteiger partial charge on any atom is 0.237 e. The zero-order valence-electron chi connectivity index (χ0n) is 9.62. The van der Waals surface area contributed by atoms with Crippen molar-refractivity contribution in [3.05, 3.63) is 0 Å². The fourth-order valence-corrected chi connectivity index (χ4v) is 1.47. The Morgan fingerprint density at radius 1 is 1.60 bits per heavy atom. The second kappa shape index (κ2) is 4.94. The lowest BCUT2D eigenvalue weighted by molar-refractivity contribution is -0.123. The molecule has 0 aliphatic heterocycles. The summed E-state index contributed by atoms with van der Waals surface area (Å²) >= 11 is 0. The third-order valence-corrected chi connectivity index (χ3v) is 3.49. The third kappa shape index (κ3) is 3.18. The third-order valence-electron chi connectivity index (χ3n) is 3.49. The molecule has 1 amide bonds. The Balaban J connectivity index is 2.29. The molecule has 0 aromatic heterocycles. The van der Waals surface area contributed by atoms with Crippen molar-refractivity contribution < 1.29 is 9.90 Å². The van der Waals surface area contributed by atoms with Crippen molar-refractivity contribution in [3.63, 3.8) is 0 Å². The molecule has 4 nitrogen and oxygen atoms in total. The molecular formula is C11H22N2O2.